The minimum absolute atomic E-state index is 0.0738. The van der Waals surface area contributed by atoms with Crippen molar-refractivity contribution >= 4 is 11.8 Å². The van der Waals surface area contributed by atoms with E-state index in [-0.39, 0.29) is 17.4 Å². The Balaban J connectivity index is 1.46. The van der Waals surface area contributed by atoms with Gasteiger partial charge < -0.3 is 15.1 Å². The van der Waals surface area contributed by atoms with Gasteiger partial charge in [-0.3, -0.25) is 14.7 Å². The fourth-order valence-electron chi connectivity index (χ4n) is 3.68. The maximum atomic E-state index is 13.9. The van der Waals surface area contributed by atoms with E-state index < -0.39 is 5.82 Å². The Morgan fingerprint density at radius 1 is 1.04 bits per heavy atom. The molecule has 8 heteroatoms. The summed E-state index contributed by atoms with van der Waals surface area (Å²) in [6.07, 6.45) is 1.48. The second kappa shape index (κ2) is 7.48. The van der Waals surface area contributed by atoms with Crippen molar-refractivity contribution in [2.75, 3.05) is 32.7 Å². The lowest BCUT2D eigenvalue weighted by atomic mass is 10.1. The van der Waals surface area contributed by atoms with Crippen LogP contribution in [0.5, 0.6) is 0 Å². The normalized spacial score (nSPS) is 17.4. The van der Waals surface area contributed by atoms with Gasteiger partial charge in [0.25, 0.3) is 11.8 Å². The molecular weight excluding hydrogens is 349 g/mol. The van der Waals surface area contributed by atoms with Crippen molar-refractivity contribution in [3.8, 4) is 0 Å². The number of amides is 2. The zero-order valence-corrected chi connectivity index (χ0v) is 15.0. The Bertz CT molecular complexity index is 866. The van der Waals surface area contributed by atoms with Crippen LogP contribution in [-0.2, 0) is 13.0 Å². The Morgan fingerprint density at radius 3 is 2.56 bits per heavy atom. The number of hydrogen-bond donors (Lipinski definition) is 2. The summed E-state index contributed by atoms with van der Waals surface area (Å²) in [4.78, 5) is 28.9. The molecule has 2 aliphatic rings. The van der Waals surface area contributed by atoms with E-state index in [9.17, 15) is 14.0 Å². The number of carbonyl (C=O) groups is 2. The van der Waals surface area contributed by atoms with Crippen molar-refractivity contribution in [2.24, 2.45) is 0 Å². The number of fused-ring (bicyclic) bond motifs is 1. The van der Waals surface area contributed by atoms with Gasteiger partial charge >= 0.3 is 0 Å². The van der Waals surface area contributed by atoms with Crippen molar-refractivity contribution in [1.82, 2.24) is 25.3 Å². The number of hydrogen-bond acceptors (Lipinski definition) is 4. The quantitative estimate of drug-likeness (QED) is 0.831. The molecule has 0 saturated carbocycles. The van der Waals surface area contributed by atoms with Gasteiger partial charge in [-0.25, -0.2) is 4.39 Å². The lowest BCUT2D eigenvalue weighted by Gasteiger charge is -2.22. The van der Waals surface area contributed by atoms with Crippen LogP contribution in [0.3, 0.4) is 0 Å². The maximum Gasteiger partial charge on any atom is 0.274 e. The molecule has 0 bridgehead atoms. The van der Waals surface area contributed by atoms with Gasteiger partial charge in [-0.2, -0.15) is 5.10 Å². The summed E-state index contributed by atoms with van der Waals surface area (Å²) in [7, 11) is 0. The van der Waals surface area contributed by atoms with Crippen molar-refractivity contribution in [3.05, 3.63) is 52.6 Å². The summed E-state index contributed by atoms with van der Waals surface area (Å²) in [5, 5.41) is 10.5. The third kappa shape index (κ3) is 3.44. The molecule has 4 rings (SSSR count). The van der Waals surface area contributed by atoms with E-state index in [1.165, 1.54) is 12.1 Å². The van der Waals surface area contributed by atoms with Crippen molar-refractivity contribution in [3.63, 3.8) is 0 Å². The van der Waals surface area contributed by atoms with Gasteiger partial charge in [0.15, 0.2) is 5.69 Å². The molecule has 1 saturated heterocycles. The first kappa shape index (κ1) is 17.7. The summed E-state index contributed by atoms with van der Waals surface area (Å²) < 4.78 is 13.9. The number of nitrogens with zero attached hydrogens (tertiary/aromatic N) is 3. The number of aromatic amines is 1. The molecule has 0 unspecified atom stereocenters. The Labute approximate surface area is 156 Å². The second-order valence-corrected chi connectivity index (χ2v) is 6.87. The van der Waals surface area contributed by atoms with Gasteiger partial charge in [0.1, 0.15) is 5.82 Å². The highest BCUT2D eigenvalue weighted by molar-refractivity contribution is 5.95. The third-order valence-corrected chi connectivity index (χ3v) is 5.18. The van der Waals surface area contributed by atoms with Crippen LogP contribution >= 0.6 is 0 Å². The monoisotopic (exact) mass is 371 g/mol. The lowest BCUT2D eigenvalue weighted by molar-refractivity contribution is 0.0712. The van der Waals surface area contributed by atoms with Gasteiger partial charge in [0.05, 0.1) is 5.56 Å². The molecular formula is C19H22FN5O2. The molecule has 7 nitrogen and oxygen atoms in total. The summed E-state index contributed by atoms with van der Waals surface area (Å²) in [5.74, 6) is -0.963. The molecule has 0 spiro atoms. The summed E-state index contributed by atoms with van der Waals surface area (Å²) in [6.45, 7) is 3.35. The number of benzene rings is 1. The molecule has 2 aliphatic heterocycles. The summed E-state index contributed by atoms with van der Waals surface area (Å²) >= 11 is 0. The molecule has 2 aromatic rings. The molecule has 142 valence electrons. The van der Waals surface area contributed by atoms with Crippen molar-refractivity contribution in [1.29, 1.82) is 0 Å². The molecule has 0 atom stereocenters. The number of rotatable bonds is 2. The summed E-state index contributed by atoms with van der Waals surface area (Å²) in [5.41, 5.74) is 2.49. The van der Waals surface area contributed by atoms with Crippen molar-refractivity contribution < 1.29 is 14.0 Å². The number of halogens is 1. The van der Waals surface area contributed by atoms with Gasteiger partial charge in [0.2, 0.25) is 0 Å². The van der Waals surface area contributed by atoms with E-state index in [1.54, 1.807) is 21.9 Å². The molecule has 27 heavy (non-hydrogen) atoms. The number of aromatic nitrogens is 2. The van der Waals surface area contributed by atoms with Gasteiger partial charge in [-0.05, 0) is 18.6 Å². The van der Waals surface area contributed by atoms with Gasteiger partial charge in [-0.15, -0.1) is 0 Å². The Hall–Kier alpha value is -2.74. The van der Waals surface area contributed by atoms with Gasteiger partial charge in [0, 0.05) is 56.9 Å². The fourth-order valence-corrected chi connectivity index (χ4v) is 3.68. The van der Waals surface area contributed by atoms with Crippen LogP contribution in [0.25, 0.3) is 0 Å². The second-order valence-electron chi connectivity index (χ2n) is 6.87. The van der Waals surface area contributed by atoms with E-state index in [0.717, 1.165) is 24.2 Å². The predicted octanol–water partition coefficient (Wildman–Crippen LogP) is 1.18. The lowest BCUT2D eigenvalue weighted by Crippen LogP contribution is -2.38. The van der Waals surface area contributed by atoms with Crippen LogP contribution in [0, 0.1) is 5.82 Å². The average molecular weight is 371 g/mol. The first-order valence-electron chi connectivity index (χ1n) is 9.25. The van der Waals surface area contributed by atoms with Gasteiger partial charge in [-0.1, -0.05) is 12.1 Å². The fraction of sp³-hybridized carbons (Fsp3) is 0.421. The molecule has 1 fully saturated rings. The Morgan fingerprint density at radius 2 is 1.78 bits per heavy atom. The van der Waals surface area contributed by atoms with Crippen LogP contribution in [0.2, 0.25) is 0 Å². The van der Waals surface area contributed by atoms with E-state index in [2.05, 4.69) is 15.5 Å². The standard InChI is InChI=1S/C19H22FN5O2/c20-15-5-2-1-4-13(15)18(26)24-8-3-9-25(11-10-24)19(27)17-14-12-21-7-6-16(14)22-23-17/h1-2,4-5,21H,3,6-12H2,(H,22,23). The smallest absolute Gasteiger partial charge is 0.274 e. The van der Waals surface area contributed by atoms with E-state index >= 15 is 0 Å². The van der Waals surface area contributed by atoms with E-state index in [4.69, 9.17) is 0 Å². The highest BCUT2D eigenvalue weighted by Gasteiger charge is 2.28. The average Bonchev–Trinajstić information content (AvgIpc) is 2.96. The summed E-state index contributed by atoms with van der Waals surface area (Å²) in [6, 6.07) is 6.00. The van der Waals surface area contributed by atoms with Crippen LogP contribution in [0.4, 0.5) is 4.39 Å². The maximum absolute atomic E-state index is 13.9. The molecule has 2 N–H and O–H groups in total. The molecule has 1 aromatic carbocycles. The molecule has 2 amide bonds. The van der Waals surface area contributed by atoms with E-state index in [1.807, 2.05) is 0 Å². The predicted molar refractivity (Wildman–Crippen MR) is 96.8 cm³/mol. The highest BCUT2D eigenvalue weighted by atomic mass is 19.1. The minimum Gasteiger partial charge on any atom is -0.337 e. The van der Waals surface area contributed by atoms with Crippen LogP contribution in [0.15, 0.2) is 24.3 Å². The number of H-pyrrole nitrogens is 1. The topological polar surface area (TPSA) is 81.3 Å². The molecule has 1 aromatic heterocycles. The molecule has 0 radical (unpaired) electrons. The molecule has 0 aliphatic carbocycles. The number of carbonyl (C=O) groups excluding carboxylic acids is 2. The Kier molecular flexibility index (Phi) is 4.89. The van der Waals surface area contributed by atoms with Crippen molar-refractivity contribution in [2.45, 2.75) is 19.4 Å². The minimum atomic E-state index is -0.518. The van der Waals surface area contributed by atoms with Crippen LogP contribution in [0.1, 0.15) is 38.5 Å². The molecule has 3 heterocycles. The van der Waals surface area contributed by atoms with E-state index in [0.29, 0.717) is 44.8 Å². The first-order chi connectivity index (χ1) is 13.1. The van der Waals surface area contributed by atoms with Crippen LogP contribution < -0.4 is 5.32 Å². The largest absolute Gasteiger partial charge is 0.337 e. The third-order valence-electron chi connectivity index (χ3n) is 5.18. The SMILES string of the molecule is O=C(c1ccccc1F)N1CCCN(C(=O)c2n[nH]c3c2CNCC3)CC1. The zero-order chi connectivity index (χ0) is 18.8. The number of nitrogens with one attached hydrogen (secondary N) is 2. The zero-order valence-electron chi connectivity index (χ0n) is 15.0. The van der Waals surface area contributed by atoms with Crippen LogP contribution in [-0.4, -0.2) is 64.5 Å². The highest BCUT2D eigenvalue weighted by Crippen LogP contribution is 2.19. The first-order valence-corrected chi connectivity index (χ1v) is 9.25.